The number of hydrogen-bond donors (Lipinski definition) is 2. The van der Waals surface area contributed by atoms with Gasteiger partial charge in [0.05, 0.1) is 12.8 Å². The summed E-state index contributed by atoms with van der Waals surface area (Å²) in [4.78, 5) is 24.1. The van der Waals surface area contributed by atoms with Gasteiger partial charge >= 0.3 is 11.8 Å². The van der Waals surface area contributed by atoms with Crippen LogP contribution in [0.5, 0.6) is 5.75 Å². The van der Waals surface area contributed by atoms with E-state index in [-0.39, 0.29) is 0 Å². The van der Waals surface area contributed by atoms with Crippen molar-refractivity contribution in [3.8, 4) is 5.75 Å². The van der Waals surface area contributed by atoms with E-state index in [2.05, 4.69) is 10.6 Å². The molecule has 0 saturated carbocycles. The Labute approximate surface area is 143 Å². The highest BCUT2D eigenvalue weighted by Gasteiger charge is 2.17. The van der Waals surface area contributed by atoms with Crippen LogP contribution in [0.1, 0.15) is 5.56 Å². The third kappa shape index (κ3) is 4.15. The van der Waals surface area contributed by atoms with Gasteiger partial charge < -0.3 is 15.4 Å². The van der Waals surface area contributed by atoms with Crippen LogP contribution in [0.15, 0.2) is 36.4 Å². The number of ether oxygens (including phenoxy) is 1. The molecule has 0 aliphatic carbocycles. The highest BCUT2D eigenvalue weighted by Crippen LogP contribution is 2.28. The highest BCUT2D eigenvalue weighted by molar-refractivity contribution is 6.44. The van der Waals surface area contributed by atoms with Gasteiger partial charge in [-0.05, 0) is 42.8 Å². The average Bonchev–Trinajstić information content (AvgIpc) is 2.52. The molecule has 0 bridgehead atoms. The SMILES string of the molecule is COc1ccc(Cl)cc1NC(=O)C(=O)Nc1cccc(Cl)c1C. The smallest absolute Gasteiger partial charge is 0.314 e. The molecule has 0 saturated heterocycles. The lowest BCUT2D eigenvalue weighted by molar-refractivity contribution is -0.133. The summed E-state index contributed by atoms with van der Waals surface area (Å²) in [5.74, 6) is -1.27. The maximum absolute atomic E-state index is 12.0. The zero-order valence-corrected chi connectivity index (χ0v) is 14.0. The zero-order chi connectivity index (χ0) is 17.0. The van der Waals surface area contributed by atoms with Crippen LogP contribution < -0.4 is 15.4 Å². The Bertz CT molecular complexity index is 763. The summed E-state index contributed by atoms with van der Waals surface area (Å²) in [5.41, 5.74) is 1.45. The monoisotopic (exact) mass is 352 g/mol. The van der Waals surface area contributed by atoms with Crippen molar-refractivity contribution in [3.63, 3.8) is 0 Å². The van der Waals surface area contributed by atoms with Crippen molar-refractivity contribution in [1.82, 2.24) is 0 Å². The van der Waals surface area contributed by atoms with E-state index < -0.39 is 11.8 Å². The first kappa shape index (κ1) is 17.1. The number of benzene rings is 2. The minimum Gasteiger partial charge on any atom is -0.495 e. The van der Waals surface area contributed by atoms with Crippen LogP contribution in [0.2, 0.25) is 10.0 Å². The minimum atomic E-state index is -0.843. The molecule has 0 radical (unpaired) electrons. The summed E-state index contributed by atoms with van der Waals surface area (Å²) in [6.07, 6.45) is 0. The van der Waals surface area contributed by atoms with Gasteiger partial charge in [0.15, 0.2) is 0 Å². The van der Waals surface area contributed by atoms with Gasteiger partial charge in [0, 0.05) is 15.7 Å². The molecule has 2 aromatic carbocycles. The minimum absolute atomic E-state index is 0.308. The van der Waals surface area contributed by atoms with Crippen molar-refractivity contribution in [2.24, 2.45) is 0 Å². The van der Waals surface area contributed by atoms with Crippen molar-refractivity contribution in [2.45, 2.75) is 6.92 Å². The summed E-state index contributed by atoms with van der Waals surface area (Å²) < 4.78 is 5.11. The molecule has 0 spiro atoms. The number of nitrogens with one attached hydrogen (secondary N) is 2. The van der Waals surface area contributed by atoms with Crippen LogP contribution in [0.25, 0.3) is 0 Å². The Morgan fingerprint density at radius 3 is 2.30 bits per heavy atom. The van der Waals surface area contributed by atoms with Crippen molar-refractivity contribution >= 4 is 46.4 Å². The lowest BCUT2D eigenvalue weighted by Crippen LogP contribution is -2.29. The summed E-state index contributed by atoms with van der Waals surface area (Å²) in [7, 11) is 1.45. The van der Waals surface area contributed by atoms with E-state index in [1.54, 1.807) is 37.3 Å². The van der Waals surface area contributed by atoms with E-state index in [4.69, 9.17) is 27.9 Å². The van der Waals surface area contributed by atoms with Gasteiger partial charge in [-0.15, -0.1) is 0 Å². The molecular formula is C16H14Cl2N2O3. The second-order valence-corrected chi connectivity index (χ2v) is 5.51. The molecule has 2 rings (SSSR count). The fraction of sp³-hybridized carbons (Fsp3) is 0.125. The van der Waals surface area contributed by atoms with Crippen molar-refractivity contribution in [2.75, 3.05) is 17.7 Å². The van der Waals surface area contributed by atoms with Crippen LogP contribution in [-0.2, 0) is 9.59 Å². The molecule has 0 aliphatic heterocycles. The topological polar surface area (TPSA) is 67.4 Å². The number of rotatable bonds is 3. The molecule has 120 valence electrons. The number of anilines is 2. The molecule has 2 amide bonds. The van der Waals surface area contributed by atoms with Crippen molar-refractivity contribution in [3.05, 3.63) is 52.0 Å². The molecule has 7 heteroatoms. The average molecular weight is 353 g/mol. The molecule has 0 fully saturated rings. The van der Waals surface area contributed by atoms with E-state index in [1.807, 2.05) is 0 Å². The van der Waals surface area contributed by atoms with Crippen LogP contribution in [0, 0.1) is 6.92 Å². The number of carbonyl (C=O) groups is 2. The molecule has 2 N–H and O–H groups in total. The number of carbonyl (C=O) groups excluding carboxylic acids is 2. The molecule has 23 heavy (non-hydrogen) atoms. The summed E-state index contributed by atoms with van der Waals surface area (Å²) in [5, 5.41) is 5.89. The van der Waals surface area contributed by atoms with Gasteiger partial charge in [0.25, 0.3) is 0 Å². The normalized spacial score (nSPS) is 10.1. The highest BCUT2D eigenvalue weighted by atomic mass is 35.5. The number of methoxy groups -OCH3 is 1. The largest absolute Gasteiger partial charge is 0.495 e. The Balaban J connectivity index is 2.13. The van der Waals surface area contributed by atoms with E-state index in [0.717, 1.165) is 0 Å². The van der Waals surface area contributed by atoms with Gasteiger partial charge in [-0.3, -0.25) is 9.59 Å². The molecule has 0 unspecified atom stereocenters. The summed E-state index contributed by atoms with van der Waals surface area (Å²) in [6, 6.07) is 9.75. The number of amides is 2. The lowest BCUT2D eigenvalue weighted by atomic mass is 10.2. The Kier molecular flexibility index (Phi) is 5.47. The second kappa shape index (κ2) is 7.35. The third-order valence-electron chi connectivity index (χ3n) is 3.13. The van der Waals surface area contributed by atoms with E-state index in [1.165, 1.54) is 13.2 Å². The van der Waals surface area contributed by atoms with Crippen LogP contribution in [0.3, 0.4) is 0 Å². The predicted molar refractivity (Wildman–Crippen MR) is 91.5 cm³/mol. The van der Waals surface area contributed by atoms with Crippen LogP contribution >= 0.6 is 23.2 Å². The fourth-order valence-corrected chi connectivity index (χ4v) is 2.23. The van der Waals surface area contributed by atoms with Gasteiger partial charge in [0.2, 0.25) is 0 Å². The van der Waals surface area contributed by atoms with Crippen molar-refractivity contribution < 1.29 is 14.3 Å². The standard InChI is InChI=1S/C16H14Cl2N2O3/c1-9-11(18)4-3-5-12(9)19-15(21)16(22)20-13-8-10(17)6-7-14(13)23-2/h3-8H,1-2H3,(H,19,21)(H,20,22). The van der Waals surface area contributed by atoms with Gasteiger partial charge in [-0.2, -0.15) is 0 Å². The quantitative estimate of drug-likeness (QED) is 0.823. The molecular weight excluding hydrogens is 339 g/mol. The molecule has 0 aliphatic rings. The van der Waals surface area contributed by atoms with Crippen molar-refractivity contribution in [1.29, 1.82) is 0 Å². The fourth-order valence-electron chi connectivity index (χ4n) is 1.88. The van der Waals surface area contributed by atoms with Gasteiger partial charge in [-0.25, -0.2) is 0 Å². The molecule has 0 heterocycles. The molecule has 5 nitrogen and oxygen atoms in total. The Morgan fingerprint density at radius 1 is 1.00 bits per heavy atom. The molecule has 0 aromatic heterocycles. The van der Waals surface area contributed by atoms with E-state index >= 15 is 0 Å². The number of hydrogen-bond acceptors (Lipinski definition) is 3. The van der Waals surface area contributed by atoms with Crippen LogP contribution in [0.4, 0.5) is 11.4 Å². The third-order valence-corrected chi connectivity index (χ3v) is 3.78. The van der Waals surface area contributed by atoms with E-state index in [0.29, 0.717) is 32.7 Å². The number of halogens is 2. The Hall–Kier alpha value is -2.24. The molecule has 0 atom stereocenters. The predicted octanol–water partition coefficient (Wildman–Crippen LogP) is 3.89. The first-order chi connectivity index (χ1) is 10.9. The molecule has 2 aromatic rings. The second-order valence-electron chi connectivity index (χ2n) is 4.67. The summed E-state index contributed by atoms with van der Waals surface area (Å²) >= 11 is 11.9. The van der Waals surface area contributed by atoms with Gasteiger partial charge in [-0.1, -0.05) is 29.3 Å². The first-order valence-corrected chi connectivity index (χ1v) is 7.39. The summed E-state index contributed by atoms with van der Waals surface area (Å²) in [6.45, 7) is 1.75. The van der Waals surface area contributed by atoms with Crippen LogP contribution in [-0.4, -0.2) is 18.9 Å². The first-order valence-electron chi connectivity index (χ1n) is 6.63. The zero-order valence-electron chi connectivity index (χ0n) is 12.4. The Morgan fingerprint density at radius 2 is 1.65 bits per heavy atom. The van der Waals surface area contributed by atoms with Gasteiger partial charge in [0.1, 0.15) is 5.75 Å². The van der Waals surface area contributed by atoms with E-state index in [9.17, 15) is 9.59 Å². The maximum Gasteiger partial charge on any atom is 0.314 e. The maximum atomic E-state index is 12.0. The lowest BCUT2D eigenvalue weighted by Gasteiger charge is -2.12.